The maximum absolute atomic E-state index is 10.6. The second kappa shape index (κ2) is 2.88. The van der Waals surface area contributed by atoms with Gasteiger partial charge in [-0.15, -0.1) is 0 Å². The average Bonchev–Trinajstić information content (AvgIpc) is 2.33. The normalized spacial score (nSPS) is 25.3. The number of nitrogens with zero attached hydrogens (tertiary/aromatic N) is 1. The summed E-state index contributed by atoms with van der Waals surface area (Å²) in [5.74, 6) is 0. The number of aliphatic hydroxyl groups is 1. The van der Waals surface area contributed by atoms with Crippen molar-refractivity contribution in [2.75, 3.05) is 13.2 Å². The van der Waals surface area contributed by atoms with Gasteiger partial charge in [0, 0.05) is 6.54 Å². The van der Waals surface area contributed by atoms with E-state index in [1.165, 1.54) is 4.90 Å². The van der Waals surface area contributed by atoms with Crippen LogP contribution in [-0.2, 0) is 0 Å². The van der Waals surface area contributed by atoms with Crippen LogP contribution in [0.3, 0.4) is 0 Å². The molecule has 4 nitrogen and oxygen atoms in total. The van der Waals surface area contributed by atoms with Gasteiger partial charge in [-0.1, -0.05) is 0 Å². The van der Waals surface area contributed by atoms with Gasteiger partial charge >= 0.3 is 6.03 Å². The fraction of sp³-hybridized carbons (Fsp3) is 0.833. The molecule has 0 saturated carbocycles. The van der Waals surface area contributed by atoms with Crippen LogP contribution in [0, 0.1) is 0 Å². The lowest BCUT2D eigenvalue weighted by molar-refractivity contribution is 0.163. The zero-order valence-corrected chi connectivity index (χ0v) is 5.79. The van der Waals surface area contributed by atoms with Crippen LogP contribution in [0.15, 0.2) is 0 Å². The van der Waals surface area contributed by atoms with Crippen molar-refractivity contribution >= 4 is 6.03 Å². The molecule has 1 saturated heterocycles. The summed E-state index contributed by atoms with van der Waals surface area (Å²) in [5, 5.41) is 8.74. The van der Waals surface area contributed by atoms with Gasteiger partial charge in [-0.2, -0.15) is 0 Å². The first-order valence-corrected chi connectivity index (χ1v) is 3.42. The highest BCUT2D eigenvalue weighted by molar-refractivity contribution is 5.72. The van der Waals surface area contributed by atoms with Gasteiger partial charge in [0.15, 0.2) is 0 Å². The Morgan fingerprint density at radius 3 is 2.90 bits per heavy atom. The molecule has 2 amide bonds. The Labute approximate surface area is 59.6 Å². The molecule has 1 heterocycles. The van der Waals surface area contributed by atoms with E-state index in [9.17, 15) is 4.79 Å². The van der Waals surface area contributed by atoms with Crippen molar-refractivity contribution in [3.8, 4) is 0 Å². The molecule has 0 aromatic rings. The lowest BCUT2D eigenvalue weighted by Gasteiger charge is -2.19. The largest absolute Gasteiger partial charge is 0.394 e. The van der Waals surface area contributed by atoms with E-state index in [1.54, 1.807) is 0 Å². The van der Waals surface area contributed by atoms with Gasteiger partial charge in [0.2, 0.25) is 0 Å². The highest BCUT2D eigenvalue weighted by Gasteiger charge is 2.25. The van der Waals surface area contributed by atoms with Crippen LogP contribution < -0.4 is 5.73 Å². The summed E-state index contributed by atoms with van der Waals surface area (Å²) in [4.78, 5) is 12.1. The van der Waals surface area contributed by atoms with Crippen LogP contribution in [-0.4, -0.2) is 35.2 Å². The zero-order valence-electron chi connectivity index (χ0n) is 5.79. The van der Waals surface area contributed by atoms with Crippen molar-refractivity contribution in [1.82, 2.24) is 4.90 Å². The van der Waals surface area contributed by atoms with Crippen LogP contribution in [0.1, 0.15) is 12.8 Å². The Kier molecular flexibility index (Phi) is 2.11. The number of hydrogen-bond donors (Lipinski definition) is 2. The molecular weight excluding hydrogens is 132 g/mol. The number of aliphatic hydroxyl groups excluding tert-OH is 1. The van der Waals surface area contributed by atoms with Crippen molar-refractivity contribution < 1.29 is 9.90 Å². The van der Waals surface area contributed by atoms with Gasteiger partial charge in [-0.05, 0) is 12.8 Å². The van der Waals surface area contributed by atoms with E-state index in [4.69, 9.17) is 10.8 Å². The Morgan fingerprint density at radius 1 is 1.80 bits per heavy atom. The summed E-state index contributed by atoms with van der Waals surface area (Å²) in [6.07, 6.45) is 1.83. The second-order valence-electron chi connectivity index (χ2n) is 2.51. The minimum absolute atomic E-state index is 0.0301. The number of nitrogens with two attached hydrogens (primary N) is 1. The number of carbonyl (C=O) groups excluding carboxylic acids is 1. The first kappa shape index (κ1) is 7.34. The molecule has 4 heteroatoms. The van der Waals surface area contributed by atoms with E-state index in [2.05, 4.69) is 0 Å². The highest BCUT2D eigenvalue weighted by atomic mass is 16.3. The van der Waals surface area contributed by atoms with Gasteiger partial charge in [-0.3, -0.25) is 0 Å². The maximum atomic E-state index is 10.6. The summed E-state index contributed by atoms with van der Waals surface area (Å²) < 4.78 is 0. The lowest BCUT2D eigenvalue weighted by Crippen LogP contribution is -2.41. The van der Waals surface area contributed by atoms with Crippen molar-refractivity contribution in [2.45, 2.75) is 18.9 Å². The monoisotopic (exact) mass is 144 g/mol. The van der Waals surface area contributed by atoms with E-state index in [1.807, 2.05) is 0 Å². The van der Waals surface area contributed by atoms with E-state index in [-0.39, 0.29) is 12.6 Å². The molecule has 1 rings (SSSR count). The Bertz CT molecular complexity index is 138. The first-order valence-electron chi connectivity index (χ1n) is 3.42. The smallest absolute Gasteiger partial charge is 0.315 e. The van der Waals surface area contributed by atoms with Crippen molar-refractivity contribution in [3.05, 3.63) is 0 Å². The number of amides is 2. The third kappa shape index (κ3) is 1.21. The Morgan fingerprint density at radius 2 is 2.50 bits per heavy atom. The number of urea groups is 1. The molecule has 0 aromatic heterocycles. The molecule has 0 aromatic carbocycles. The molecule has 0 aliphatic carbocycles. The highest BCUT2D eigenvalue weighted by Crippen LogP contribution is 2.15. The maximum Gasteiger partial charge on any atom is 0.315 e. The van der Waals surface area contributed by atoms with E-state index >= 15 is 0 Å². The van der Waals surface area contributed by atoms with Crippen molar-refractivity contribution in [1.29, 1.82) is 0 Å². The summed E-state index contributed by atoms with van der Waals surface area (Å²) >= 11 is 0. The molecule has 1 atom stereocenters. The van der Waals surface area contributed by atoms with E-state index in [0.717, 1.165) is 12.8 Å². The van der Waals surface area contributed by atoms with Crippen LogP contribution in [0.25, 0.3) is 0 Å². The zero-order chi connectivity index (χ0) is 7.56. The van der Waals surface area contributed by atoms with Gasteiger partial charge in [0.05, 0.1) is 12.6 Å². The molecule has 0 bridgehead atoms. The quantitative estimate of drug-likeness (QED) is 0.522. The standard InChI is InChI=1S/C6H12N2O2/c7-6(10)8-3-1-2-5(8)4-9/h5,9H,1-4H2,(H2,7,10). The molecular formula is C6H12N2O2. The second-order valence-corrected chi connectivity index (χ2v) is 2.51. The number of primary amides is 1. The van der Waals surface area contributed by atoms with Gasteiger partial charge in [0.25, 0.3) is 0 Å². The Balaban J connectivity index is 2.50. The molecule has 0 radical (unpaired) electrons. The summed E-state index contributed by atoms with van der Waals surface area (Å²) in [7, 11) is 0. The number of carbonyl (C=O) groups is 1. The van der Waals surface area contributed by atoms with Crippen LogP contribution >= 0.6 is 0 Å². The Hall–Kier alpha value is -0.770. The van der Waals surface area contributed by atoms with Crippen LogP contribution in [0.4, 0.5) is 4.79 Å². The molecule has 0 spiro atoms. The number of likely N-dealkylation sites (tertiary alicyclic amines) is 1. The number of hydrogen-bond acceptors (Lipinski definition) is 2. The van der Waals surface area contributed by atoms with E-state index < -0.39 is 6.03 Å². The predicted molar refractivity (Wildman–Crippen MR) is 36.4 cm³/mol. The number of rotatable bonds is 1. The first-order chi connectivity index (χ1) is 4.75. The third-order valence-corrected chi connectivity index (χ3v) is 1.87. The van der Waals surface area contributed by atoms with Gasteiger partial charge in [0.1, 0.15) is 0 Å². The molecule has 10 heavy (non-hydrogen) atoms. The summed E-state index contributed by atoms with van der Waals surface area (Å²) in [6, 6.07) is -0.450. The van der Waals surface area contributed by atoms with Gasteiger partial charge in [-0.25, -0.2) is 4.79 Å². The fourth-order valence-electron chi connectivity index (χ4n) is 1.32. The van der Waals surface area contributed by atoms with E-state index in [0.29, 0.717) is 6.54 Å². The van der Waals surface area contributed by atoms with Crippen LogP contribution in [0.5, 0.6) is 0 Å². The van der Waals surface area contributed by atoms with Gasteiger partial charge < -0.3 is 15.7 Å². The van der Waals surface area contributed by atoms with Crippen LogP contribution in [0.2, 0.25) is 0 Å². The lowest BCUT2D eigenvalue weighted by atomic mass is 10.2. The summed E-state index contributed by atoms with van der Waals surface area (Å²) in [6.45, 7) is 0.726. The third-order valence-electron chi connectivity index (χ3n) is 1.87. The van der Waals surface area contributed by atoms with Crippen molar-refractivity contribution in [2.24, 2.45) is 5.73 Å². The molecule has 1 aliphatic rings. The fourth-order valence-corrected chi connectivity index (χ4v) is 1.32. The SMILES string of the molecule is NC(=O)N1CCCC1CO. The topological polar surface area (TPSA) is 66.6 Å². The minimum Gasteiger partial charge on any atom is -0.394 e. The average molecular weight is 144 g/mol. The molecule has 3 N–H and O–H groups in total. The predicted octanol–water partition coefficient (Wildman–Crippen LogP) is -0.478. The van der Waals surface area contributed by atoms with Crippen molar-refractivity contribution in [3.63, 3.8) is 0 Å². The molecule has 1 fully saturated rings. The minimum atomic E-state index is -0.420. The summed E-state index contributed by atoms with van der Waals surface area (Å²) in [5.41, 5.74) is 5.04. The molecule has 1 unspecified atom stereocenters. The molecule has 1 aliphatic heterocycles. The molecule has 58 valence electrons.